The van der Waals surface area contributed by atoms with Crippen molar-refractivity contribution in [2.75, 3.05) is 6.61 Å². The third-order valence-electron chi connectivity index (χ3n) is 3.25. The molecule has 2 rings (SSSR count). The minimum absolute atomic E-state index is 0.0118. The highest BCUT2D eigenvalue weighted by molar-refractivity contribution is 5.96. The number of carbonyl (C=O) groups is 1. The summed E-state index contributed by atoms with van der Waals surface area (Å²) in [4.78, 5) is 12.0. The van der Waals surface area contributed by atoms with Gasteiger partial charge in [0.25, 0.3) is 5.91 Å². The van der Waals surface area contributed by atoms with Crippen LogP contribution in [0.2, 0.25) is 0 Å². The Labute approximate surface area is 93.8 Å². The summed E-state index contributed by atoms with van der Waals surface area (Å²) in [7, 11) is 0. The number of carbonyl (C=O) groups excluding carboxylic acids is 1. The first-order chi connectivity index (χ1) is 7.58. The van der Waals surface area contributed by atoms with Crippen molar-refractivity contribution >= 4 is 5.91 Å². The number of hydrogen-bond acceptors (Lipinski definition) is 4. The van der Waals surface area contributed by atoms with Gasteiger partial charge in [0.05, 0.1) is 17.8 Å². The Hall–Kier alpha value is -1.36. The monoisotopic (exact) mass is 224 g/mol. The van der Waals surface area contributed by atoms with Crippen LogP contribution in [0.25, 0.3) is 0 Å². The van der Waals surface area contributed by atoms with Gasteiger partial charge in [-0.2, -0.15) is 0 Å². The van der Waals surface area contributed by atoms with E-state index in [9.17, 15) is 9.90 Å². The summed E-state index contributed by atoms with van der Waals surface area (Å²) in [6.07, 6.45) is 2.71. The van der Waals surface area contributed by atoms with Crippen molar-refractivity contribution in [3.05, 3.63) is 17.0 Å². The van der Waals surface area contributed by atoms with Crippen LogP contribution in [0.1, 0.15) is 41.1 Å². The van der Waals surface area contributed by atoms with Crippen molar-refractivity contribution in [2.45, 2.75) is 38.6 Å². The minimum atomic E-state index is -0.423. The van der Waals surface area contributed by atoms with Gasteiger partial charge >= 0.3 is 0 Å². The number of aryl methyl sites for hydroxylation is 2. The van der Waals surface area contributed by atoms with Crippen LogP contribution in [0.4, 0.5) is 0 Å². The molecule has 5 heteroatoms. The third kappa shape index (κ3) is 1.71. The molecule has 5 nitrogen and oxygen atoms in total. The molecule has 88 valence electrons. The molecule has 1 fully saturated rings. The second-order valence-corrected chi connectivity index (χ2v) is 4.45. The smallest absolute Gasteiger partial charge is 0.257 e. The second-order valence-electron chi connectivity index (χ2n) is 4.45. The average molecular weight is 224 g/mol. The first kappa shape index (κ1) is 11.1. The molecule has 1 aromatic rings. The highest BCUT2D eigenvalue weighted by Gasteiger charge is 2.38. The van der Waals surface area contributed by atoms with Crippen LogP contribution in [0, 0.1) is 13.8 Å². The molecule has 1 aliphatic rings. The van der Waals surface area contributed by atoms with E-state index in [1.165, 1.54) is 0 Å². The molecule has 0 radical (unpaired) electrons. The van der Waals surface area contributed by atoms with Crippen molar-refractivity contribution in [2.24, 2.45) is 0 Å². The largest absolute Gasteiger partial charge is 0.394 e. The number of aliphatic hydroxyl groups excluding tert-OH is 1. The zero-order valence-electron chi connectivity index (χ0n) is 9.54. The molecule has 1 aromatic heterocycles. The lowest BCUT2D eigenvalue weighted by Gasteiger charge is -2.40. The van der Waals surface area contributed by atoms with Gasteiger partial charge in [0.15, 0.2) is 0 Å². The number of rotatable bonds is 3. The van der Waals surface area contributed by atoms with Gasteiger partial charge in [-0.05, 0) is 33.1 Å². The zero-order chi connectivity index (χ0) is 11.8. The topological polar surface area (TPSA) is 75.4 Å². The maximum Gasteiger partial charge on any atom is 0.257 e. The quantitative estimate of drug-likeness (QED) is 0.801. The van der Waals surface area contributed by atoms with Gasteiger partial charge in [0.2, 0.25) is 0 Å². The van der Waals surface area contributed by atoms with E-state index in [2.05, 4.69) is 10.5 Å². The Morgan fingerprint density at radius 3 is 2.62 bits per heavy atom. The van der Waals surface area contributed by atoms with E-state index < -0.39 is 5.54 Å². The SMILES string of the molecule is Cc1noc(C)c1C(=O)NC1(CO)CCC1. The predicted octanol–water partition coefficient (Wildman–Crippen LogP) is 0.936. The van der Waals surface area contributed by atoms with E-state index in [1.54, 1.807) is 13.8 Å². The summed E-state index contributed by atoms with van der Waals surface area (Å²) in [6.45, 7) is 3.43. The Morgan fingerprint density at radius 1 is 1.56 bits per heavy atom. The molecule has 0 aromatic carbocycles. The molecule has 0 spiro atoms. The molecule has 0 aliphatic heterocycles. The van der Waals surface area contributed by atoms with Crippen LogP contribution in [0.3, 0.4) is 0 Å². The van der Waals surface area contributed by atoms with Crippen molar-refractivity contribution < 1.29 is 14.4 Å². The third-order valence-corrected chi connectivity index (χ3v) is 3.25. The standard InChI is InChI=1S/C11H16N2O3/c1-7-9(8(2)16-13-7)10(15)12-11(6-14)4-3-5-11/h14H,3-6H2,1-2H3,(H,12,15). The number of amides is 1. The Bertz CT molecular complexity index is 382. The lowest BCUT2D eigenvalue weighted by molar-refractivity contribution is 0.0640. The molecule has 0 atom stereocenters. The van der Waals surface area contributed by atoms with Crippen molar-refractivity contribution in [1.82, 2.24) is 10.5 Å². The van der Waals surface area contributed by atoms with Crippen molar-refractivity contribution in [1.29, 1.82) is 0 Å². The predicted molar refractivity (Wildman–Crippen MR) is 57.1 cm³/mol. The van der Waals surface area contributed by atoms with Crippen LogP contribution in [-0.4, -0.2) is 28.3 Å². The van der Waals surface area contributed by atoms with E-state index in [0.29, 0.717) is 17.0 Å². The van der Waals surface area contributed by atoms with Gasteiger partial charge in [-0.3, -0.25) is 4.79 Å². The normalized spacial score (nSPS) is 17.9. The van der Waals surface area contributed by atoms with Gasteiger partial charge in [-0.15, -0.1) is 0 Å². The summed E-state index contributed by atoms with van der Waals surface area (Å²) in [5, 5.41) is 15.9. The summed E-state index contributed by atoms with van der Waals surface area (Å²) in [6, 6.07) is 0. The fraction of sp³-hybridized carbons (Fsp3) is 0.636. The van der Waals surface area contributed by atoms with Gasteiger partial charge in [-0.25, -0.2) is 0 Å². The molecular formula is C11H16N2O3. The average Bonchev–Trinajstić information content (AvgIpc) is 2.52. The lowest BCUT2D eigenvalue weighted by Crippen LogP contribution is -2.56. The zero-order valence-corrected chi connectivity index (χ0v) is 9.54. The van der Waals surface area contributed by atoms with Crippen LogP contribution in [0.5, 0.6) is 0 Å². The second kappa shape index (κ2) is 3.90. The number of nitrogens with one attached hydrogen (secondary N) is 1. The van der Waals surface area contributed by atoms with Gasteiger partial charge in [0, 0.05) is 0 Å². The summed E-state index contributed by atoms with van der Waals surface area (Å²) < 4.78 is 4.94. The molecule has 2 N–H and O–H groups in total. The maximum atomic E-state index is 12.0. The van der Waals surface area contributed by atoms with E-state index >= 15 is 0 Å². The molecule has 1 heterocycles. The van der Waals surface area contributed by atoms with E-state index in [0.717, 1.165) is 19.3 Å². The summed E-state index contributed by atoms with van der Waals surface area (Å²) in [5.74, 6) is 0.312. The molecule has 0 unspecified atom stereocenters. The maximum absolute atomic E-state index is 12.0. The van der Waals surface area contributed by atoms with E-state index in [1.807, 2.05) is 0 Å². The molecule has 1 amide bonds. The first-order valence-corrected chi connectivity index (χ1v) is 5.44. The van der Waals surface area contributed by atoms with Crippen LogP contribution < -0.4 is 5.32 Å². The molecule has 16 heavy (non-hydrogen) atoms. The van der Waals surface area contributed by atoms with E-state index in [4.69, 9.17) is 4.52 Å². The number of aliphatic hydroxyl groups is 1. The van der Waals surface area contributed by atoms with E-state index in [-0.39, 0.29) is 12.5 Å². The summed E-state index contributed by atoms with van der Waals surface area (Å²) in [5.41, 5.74) is 0.648. The van der Waals surface area contributed by atoms with Crippen LogP contribution in [-0.2, 0) is 0 Å². The number of hydrogen-bond donors (Lipinski definition) is 2. The molecular weight excluding hydrogens is 208 g/mol. The Morgan fingerprint density at radius 2 is 2.25 bits per heavy atom. The van der Waals surface area contributed by atoms with Crippen molar-refractivity contribution in [3.8, 4) is 0 Å². The molecule has 1 aliphatic carbocycles. The van der Waals surface area contributed by atoms with Gasteiger partial charge < -0.3 is 14.9 Å². The molecule has 1 saturated carbocycles. The molecule has 0 bridgehead atoms. The van der Waals surface area contributed by atoms with Crippen LogP contribution in [0.15, 0.2) is 4.52 Å². The van der Waals surface area contributed by atoms with Crippen LogP contribution >= 0.6 is 0 Å². The summed E-state index contributed by atoms with van der Waals surface area (Å²) >= 11 is 0. The minimum Gasteiger partial charge on any atom is -0.394 e. The fourth-order valence-corrected chi connectivity index (χ4v) is 2.04. The lowest BCUT2D eigenvalue weighted by atomic mass is 9.77. The fourth-order valence-electron chi connectivity index (χ4n) is 2.04. The Kier molecular flexibility index (Phi) is 2.71. The molecule has 0 saturated heterocycles. The number of nitrogens with zero attached hydrogens (tertiary/aromatic N) is 1. The highest BCUT2D eigenvalue weighted by atomic mass is 16.5. The van der Waals surface area contributed by atoms with Crippen molar-refractivity contribution in [3.63, 3.8) is 0 Å². The Balaban J connectivity index is 2.14. The number of aromatic nitrogens is 1. The van der Waals surface area contributed by atoms with Gasteiger partial charge in [-0.1, -0.05) is 5.16 Å². The highest BCUT2D eigenvalue weighted by Crippen LogP contribution is 2.31. The van der Waals surface area contributed by atoms with Gasteiger partial charge in [0.1, 0.15) is 11.3 Å². The first-order valence-electron chi connectivity index (χ1n) is 5.44.